The van der Waals surface area contributed by atoms with Crippen molar-refractivity contribution in [3.8, 4) is 6.07 Å². The summed E-state index contributed by atoms with van der Waals surface area (Å²) in [7, 11) is 0. The van der Waals surface area contributed by atoms with Crippen LogP contribution in [0.3, 0.4) is 0 Å². The molecule has 1 aliphatic rings. The molecule has 3 heterocycles. The third kappa shape index (κ3) is 2.21. The molecule has 0 bridgehead atoms. The smallest absolute Gasteiger partial charge is 0.407 e. The summed E-state index contributed by atoms with van der Waals surface area (Å²) in [5.74, 6) is 0. The SMILES string of the molecule is N#Cc1c(N2CCN(C(=O)O)CC2)c2ccsc2[nH]c1=O. The van der Waals surface area contributed by atoms with Gasteiger partial charge in [0.2, 0.25) is 0 Å². The predicted molar refractivity (Wildman–Crippen MR) is 79.0 cm³/mol. The lowest BCUT2D eigenvalue weighted by Gasteiger charge is -2.35. The average molecular weight is 304 g/mol. The number of rotatable bonds is 1. The van der Waals surface area contributed by atoms with Gasteiger partial charge in [-0.2, -0.15) is 5.26 Å². The number of aromatic nitrogens is 1. The molecule has 0 aliphatic carbocycles. The molecular formula is C13H12N4O3S. The van der Waals surface area contributed by atoms with E-state index in [9.17, 15) is 14.9 Å². The van der Waals surface area contributed by atoms with Crippen LogP contribution in [-0.4, -0.2) is 47.3 Å². The number of piperazine rings is 1. The molecule has 3 rings (SSSR count). The second kappa shape index (κ2) is 5.10. The van der Waals surface area contributed by atoms with Crippen LogP contribution in [0.4, 0.5) is 10.5 Å². The number of H-pyrrole nitrogens is 1. The summed E-state index contributed by atoms with van der Waals surface area (Å²) in [5.41, 5.74) is 0.301. The highest BCUT2D eigenvalue weighted by atomic mass is 32.1. The Bertz CT molecular complexity index is 796. The molecule has 2 aromatic heterocycles. The first-order valence-electron chi connectivity index (χ1n) is 6.38. The van der Waals surface area contributed by atoms with E-state index in [1.54, 1.807) is 0 Å². The summed E-state index contributed by atoms with van der Waals surface area (Å²) in [5, 5.41) is 20.9. The molecule has 2 aromatic rings. The van der Waals surface area contributed by atoms with Crippen LogP contribution in [0.15, 0.2) is 16.2 Å². The summed E-state index contributed by atoms with van der Waals surface area (Å²) in [4.78, 5) is 29.6. The number of thiophene rings is 1. The van der Waals surface area contributed by atoms with Crippen LogP contribution in [0, 0.1) is 11.3 Å². The van der Waals surface area contributed by atoms with Gasteiger partial charge < -0.3 is 19.9 Å². The summed E-state index contributed by atoms with van der Waals surface area (Å²) >= 11 is 1.41. The maximum atomic E-state index is 12.0. The Balaban J connectivity index is 2.05. The number of carbonyl (C=O) groups is 1. The van der Waals surface area contributed by atoms with Crippen LogP contribution in [0.1, 0.15) is 5.56 Å². The molecule has 1 saturated heterocycles. The Kier molecular flexibility index (Phi) is 3.27. The third-order valence-electron chi connectivity index (χ3n) is 3.59. The van der Waals surface area contributed by atoms with E-state index in [1.165, 1.54) is 16.2 Å². The minimum Gasteiger partial charge on any atom is -0.465 e. The van der Waals surface area contributed by atoms with Crippen molar-refractivity contribution < 1.29 is 9.90 Å². The zero-order valence-electron chi connectivity index (χ0n) is 11.0. The van der Waals surface area contributed by atoms with E-state index in [1.807, 2.05) is 22.4 Å². The standard InChI is InChI=1S/C13H12N4O3S/c14-7-9-10(8-1-6-21-12(8)15-11(9)18)16-2-4-17(5-3-16)13(19)20/h1,6H,2-5H2,(H,15,18)(H,19,20). The number of nitrogens with one attached hydrogen (secondary N) is 1. The molecule has 0 aromatic carbocycles. The van der Waals surface area contributed by atoms with Crippen molar-refractivity contribution in [2.24, 2.45) is 0 Å². The van der Waals surface area contributed by atoms with Gasteiger partial charge in [-0.1, -0.05) is 0 Å². The van der Waals surface area contributed by atoms with Gasteiger partial charge in [0.15, 0.2) is 0 Å². The van der Waals surface area contributed by atoms with Gasteiger partial charge in [-0.05, 0) is 11.4 Å². The highest BCUT2D eigenvalue weighted by Crippen LogP contribution is 2.31. The number of hydrogen-bond acceptors (Lipinski definition) is 5. The highest BCUT2D eigenvalue weighted by Gasteiger charge is 2.25. The Morgan fingerprint density at radius 2 is 2.10 bits per heavy atom. The molecule has 7 nitrogen and oxygen atoms in total. The van der Waals surface area contributed by atoms with Gasteiger partial charge in [0, 0.05) is 31.6 Å². The van der Waals surface area contributed by atoms with Gasteiger partial charge in [-0.15, -0.1) is 11.3 Å². The van der Waals surface area contributed by atoms with E-state index < -0.39 is 11.7 Å². The van der Waals surface area contributed by atoms with E-state index in [0.29, 0.717) is 31.9 Å². The molecule has 0 radical (unpaired) electrons. The van der Waals surface area contributed by atoms with E-state index >= 15 is 0 Å². The first-order chi connectivity index (χ1) is 10.1. The Labute approximate surface area is 123 Å². The van der Waals surface area contributed by atoms with E-state index in [2.05, 4.69) is 4.98 Å². The zero-order valence-corrected chi connectivity index (χ0v) is 11.8. The molecule has 21 heavy (non-hydrogen) atoms. The van der Waals surface area contributed by atoms with Gasteiger partial charge in [0.05, 0.1) is 5.69 Å². The first-order valence-corrected chi connectivity index (χ1v) is 7.26. The van der Waals surface area contributed by atoms with Crippen molar-refractivity contribution in [3.63, 3.8) is 0 Å². The van der Waals surface area contributed by atoms with E-state index in [4.69, 9.17) is 5.11 Å². The molecule has 8 heteroatoms. The maximum Gasteiger partial charge on any atom is 0.407 e. The Morgan fingerprint density at radius 1 is 1.38 bits per heavy atom. The highest BCUT2D eigenvalue weighted by molar-refractivity contribution is 7.16. The average Bonchev–Trinajstić information content (AvgIpc) is 2.93. The quantitative estimate of drug-likeness (QED) is 0.826. The number of pyridine rings is 1. The molecule has 0 spiro atoms. The number of fused-ring (bicyclic) bond motifs is 1. The van der Waals surface area contributed by atoms with Crippen LogP contribution in [0.25, 0.3) is 10.2 Å². The van der Waals surface area contributed by atoms with Crippen LogP contribution in [0.5, 0.6) is 0 Å². The number of amides is 1. The number of nitrogens with zero attached hydrogens (tertiary/aromatic N) is 3. The maximum absolute atomic E-state index is 12.0. The molecule has 0 unspecified atom stereocenters. The predicted octanol–water partition coefficient (Wildman–Crippen LogP) is 1.26. The number of anilines is 1. The van der Waals surface area contributed by atoms with Crippen molar-refractivity contribution in [1.29, 1.82) is 5.26 Å². The summed E-state index contributed by atoms with van der Waals surface area (Å²) < 4.78 is 0. The number of carboxylic acid groups (broad SMARTS) is 1. The summed E-state index contributed by atoms with van der Waals surface area (Å²) in [6, 6.07) is 3.84. The van der Waals surface area contributed by atoms with Crippen molar-refractivity contribution in [1.82, 2.24) is 9.88 Å². The molecule has 108 valence electrons. The van der Waals surface area contributed by atoms with Crippen molar-refractivity contribution in [2.45, 2.75) is 0 Å². The largest absolute Gasteiger partial charge is 0.465 e. The summed E-state index contributed by atoms with van der Waals surface area (Å²) in [6.07, 6.45) is -0.943. The van der Waals surface area contributed by atoms with Crippen molar-refractivity contribution in [2.75, 3.05) is 31.1 Å². The minimum atomic E-state index is -0.943. The Hall–Kier alpha value is -2.53. The van der Waals surface area contributed by atoms with Gasteiger partial charge in [0.25, 0.3) is 5.56 Å². The van der Waals surface area contributed by atoms with Crippen LogP contribution >= 0.6 is 11.3 Å². The molecule has 1 fully saturated rings. The monoisotopic (exact) mass is 304 g/mol. The molecule has 1 amide bonds. The van der Waals surface area contributed by atoms with E-state index in [0.717, 1.165) is 10.2 Å². The normalized spacial score (nSPS) is 15.2. The lowest BCUT2D eigenvalue weighted by Crippen LogP contribution is -2.48. The molecule has 0 saturated carbocycles. The molecule has 1 aliphatic heterocycles. The molecule has 0 atom stereocenters. The summed E-state index contributed by atoms with van der Waals surface area (Å²) in [6.45, 7) is 1.65. The lowest BCUT2D eigenvalue weighted by atomic mass is 10.1. The van der Waals surface area contributed by atoms with E-state index in [-0.39, 0.29) is 5.56 Å². The minimum absolute atomic E-state index is 0.0877. The van der Waals surface area contributed by atoms with Gasteiger partial charge in [-0.3, -0.25) is 4.79 Å². The second-order valence-corrected chi connectivity index (χ2v) is 5.63. The second-order valence-electron chi connectivity index (χ2n) is 4.71. The fourth-order valence-corrected chi connectivity index (χ4v) is 3.34. The van der Waals surface area contributed by atoms with Gasteiger partial charge >= 0.3 is 6.09 Å². The Morgan fingerprint density at radius 3 is 2.71 bits per heavy atom. The fraction of sp³-hybridized carbons (Fsp3) is 0.308. The number of aromatic amines is 1. The lowest BCUT2D eigenvalue weighted by molar-refractivity contribution is 0.142. The number of nitriles is 1. The number of hydrogen-bond donors (Lipinski definition) is 2. The van der Waals surface area contributed by atoms with Crippen molar-refractivity contribution in [3.05, 3.63) is 27.4 Å². The zero-order chi connectivity index (χ0) is 15.0. The van der Waals surface area contributed by atoms with Crippen LogP contribution in [0.2, 0.25) is 0 Å². The first kappa shape index (κ1) is 13.5. The van der Waals surface area contributed by atoms with Gasteiger partial charge in [-0.25, -0.2) is 4.79 Å². The fourth-order valence-electron chi connectivity index (χ4n) is 2.55. The van der Waals surface area contributed by atoms with Gasteiger partial charge in [0.1, 0.15) is 16.5 Å². The topological polar surface area (TPSA) is 100 Å². The molecule has 2 N–H and O–H groups in total. The van der Waals surface area contributed by atoms with Crippen molar-refractivity contribution >= 4 is 33.3 Å². The van der Waals surface area contributed by atoms with Crippen LogP contribution < -0.4 is 10.5 Å². The third-order valence-corrected chi connectivity index (χ3v) is 4.42. The molecular weight excluding hydrogens is 292 g/mol. The van der Waals surface area contributed by atoms with Crippen LogP contribution in [-0.2, 0) is 0 Å².